The van der Waals surface area contributed by atoms with E-state index in [4.69, 9.17) is 28.3 Å². The predicted octanol–water partition coefficient (Wildman–Crippen LogP) is 4.59. The maximum Gasteiger partial charge on any atom is 0.303 e. The zero-order chi connectivity index (χ0) is 22.0. The third-order valence-corrected chi connectivity index (χ3v) is 5.47. The van der Waals surface area contributed by atoms with Crippen LogP contribution in [-0.4, -0.2) is 39.3 Å². The number of nitrogens with zero attached hydrogens (tertiary/aromatic N) is 1. The molecule has 8 heteroatoms. The molecular weight excluding hydrogens is 429 g/mol. The molecule has 0 unspecified atom stereocenters. The van der Waals surface area contributed by atoms with Gasteiger partial charge < -0.3 is 15.1 Å². The first-order valence-electron chi connectivity index (χ1n) is 9.23. The van der Waals surface area contributed by atoms with Gasteiger partial charge in [-0.15, -0.1) is 0 Å². The minimum Gasteiger partial charge on any atom is -0.507 e. The molecule has 1 amide bonds. The highest BCUT2D eigenvalue weighted by atomic mass is 35.5. The number of carbonyl (C=O) groups excluding carboxylic acids is 2. The molecule has 1 saturated heterocycles. The number of benzene rings is 2. The molecule has 0 bridgehead atoms. The Balaban J connectivity index is 2.14. The Morgan fingerprint density at radius 2 is 1.73 bits per heavy atom. The summed E-state index contributed by atoms with van der Waals surface area (Å²) in [5, 5.41) is 20.5. The molecule has 3 rings (SSSR count). The van der Waals surface area contributed by atoms with Crippen LogP contribution >= 0.6 is 23.2 Å². The SMILES string of the molecule is Cc1ccc(C(O)=C2C(=O)C(=O)N(CCCC(=O)O)[C@H]2c2ccc(Cl)cc2Cl)cc1. The smallest absolute Gasteiger partial charge is 0.303 e. The molecule has 0 aliphatic carbocycles. The van der Waals surface area contributed by atoms with Gasteiger partial charge in [0.25, 0.3) is 11.7 Å². The summed E-state index contributed by atoms with van der Waals surface area (Å²) in [5.41, 5.74) is 1.69. The second-order valence-corrected chi connectivity index (χ2v) is 7.87. The van der Waals surface area contributed by atoms with E-state index in [2.05, 4.69) is 0 Å². The number of Topliss-reactive ketones (excluding diaryl/α,β-unsaturated/α-hetero) is 1. The Morgan fingerprint density at radius 1 is 1.07 bits per heavy atom. The van der Waals surface area contributed by atoms with Crippen LogP contribution in [0.1, 0.15) is 35.6 Å². The van der Waals surface area contributed by atoms with E-state index in [-0.39, 0.29) is 35.7 Å². The van der Waals surface area contributed by atoms with Crippen LogP contribution in [0.2, 0.25) is 10.0 Å². The lowest BCUT2D eigenvalue weighted by molar-refractivity contribution is -0.140. The average Bonchev–Trinajstić information content (AvgIpc) is 2.93. The quantitative estimate of drug-likeness (QED) is 0.383. The molecule has 2 N–H and O–H groups in total. The summed E-state index contributed by atoms with van der Waals surface area (Å²) in [7, 11) is 0. The fourth-order valence-electron chi connectivity index (χ4n) is 3.42. The van der Waals surface area contributed by atoms with Crippen molar-refractivity contribution in [2.45, 2.75) is 25.8 Å². The van der Waals surface area contributed by atoms with Crippen LogP contribution in [0.25, 0.3) is 5.76 Å². The lowest BCUT2D eigenvalue weighted by Gasteiger charge is -2.26. The number of halogens is 2. The van der Waals surface area contributed by atoms with Crippen LogP contribution in [0, 0.1) is 6.92 Å². The van der Waals surface area contributed by atoms with Crippen molar-refractivity contribution in [3.63, 3.8) is 0 Å². The first kappa shape index (κ1) is 21.9. The van der Waals surface area contributed by atoms with Gasteiger partial charge in [0.15, 0.2) is 0 Å². The largest absolute Gasteiger partial charge is 0.507 e. The van der Waals surface area contributed by atoms with E-state index in [0.29, 0.717) is 16.1 Å². The molecule has 0 radical (unpaired) electrons. The number of aliphatic hydroxyl groups is 1. The number of hydrogen-bond donors (Lipinski definition) is 2. The van der Waals surface area contributed by atoms with Crippen molar-refractivity contribution in [3.8, 4) is 0 Å². The maximum absolute atomic E-state index is 12.9. The van der Waals surface area contributed by atoms with Crippen molar-refractivity contribution >= 4 is 46.6 Å². The second kappa shape index (κ2) is 8.90. The van der Waals surface area contributed by atoms with E-state index in [1.165, 1.54) is 11.0 Å². The Kier molecular flexibility index (Phi) is 6.48. The van der Waals surface area contributed by atoms with Crippen LogP contribution in [0.4, 0.5) is 0 Å². The number of aryl methyl sites for hydroxylation is 1. The van der Waals surface area contributed by atoms with Crippen molar-refractivity contribution in [1.82, 2.24) is 4.90 Å². The molecule has 1 aliphatic heterocycles. The number of hydrogen-bond acceptors (Lipinski definition) is 4. The molecule has 1 atom stereocenters. The van der Waals surface area contributed by atoms with Gasteiger partial charge in [-0.25, -0.2) is 0 Å². The summed E-state index contributed by atoms with van der Waals surface area (Å²) in [6.07, 6.45) is -0.0172. The second-order valence-electron chi connectivity index (χ2n) is 7.02. The predicted molar refractivity (Wildman–Crippen MR) is 114 cm³/mol. The molecule has 2 aromatic rings. The molecule has 1 aliphatic rings. The first-order valence-corrected chi connectivity index (χ1v) is 9.98. The topological polar surface area (TPSA) is 94.9 Å². The Bertz CT molecular complexity index is 1050. The number of amides is 1. The molecule has 2 aromatic carbocycles. The minimum absolute atomic E-state index is 0.0190. The number of ketones is 1. The van der Waals surface area contributed by atoms with Crippen molar-refractivity contribution in [2.24, 2.45) is 0 Å². The van der Waals surface area contributed by atoms with Gasteiger partial charge in [0, 0.05) is 28.6 Å². The fourth-order valence-corrected chi connectivity index (χ4v) is 3.94. The van der Waals surface area contributed by atoms with Gasteiger partial charge in [-0.1, -0.05) is 59.1 Å². The van der Waals surface area contributed by atoms with Gasteiger partial charge in [0.2, 0.25) is 0 Å². The zero-order valence-corrected chi connectivity index (χ0v) is 17.6. The van der Waals surface area contributed by atoms with Gasteiger partial charge in [-0.3, -0.25) is 14.4 Å². The van der Waals surface area contributed by atoms with Gasteiger partial charge in [0.1, 0.15) is 5.76 Å². The number of carboxylic acids is 1. The van der Waals surface area contributed by atoms with E-state index < -0.39 is 23.7 Å². The fraction of sp³-hybridized carbons (Fsp3) is 0.227. The molecule has 30 heavy (non-hydrogen) atoms. The third kappa shape index (κ3) is 4.35. The Hall–Kier alpha value is -2.83. The average molecular weight is 448 g/mol. The molecule has 6 nitrogen and oxygen atoms in total. The van der Waals surface area contributed by atoms with E-state index in [1.54, 1.807) is 36.4 Å². The third-order valence-electron chi connectivity index (χ3n) is 4.91. The highest BCUT2D eigenvalue weighted by molar-refractivity contribution is 6.47. The van der Waals surface area contributed by atoms with Crippen molar-refractivity contribution in [3.05, 3.63) is 74.8 Å². The lowest BCUT2D eigenvalue weighted by Crippen LogP contribution is -2.31. The van der Waals surface area contributed by atoms with Crippen LogP contribution in [0.3, 0.4) is 0 Å². The summed E-state index contributed by atoms with van der Waals surface area (Å²) in [5.74, 6) is -2.98. The lowest BCUT2D eigenvalue weighted by atomic mass is 9.95. The van der Waals surface area contributed by atoms with Gasteiger partial charge in [0.05, 0.1) is 11.6 Å². The van der Waals surface area contributed by atoms with Gasteiger partial charge in [-0.05, 0) is 31.0 Å². The van der Waals surface area contributed by atoms with Crippen LogP contribution < -0.4 is 0 Å². The summed E-state index contributed by atoms with van der Waals surface area (Å²) >= 11 is 12.3. The summed E-state index contributed by atoms with van der Waals surface area (Å²) in [6.45, 7) is 1.91. The summed E-state index contributed by atoms with van der Waals surface area (Å²) in [6, 6.07) is 10.6. The number of likely N-dealkylation sites (tertiary alicyclic amines) is 1. The maximum atomic E-state index is 12.9. The molecule has 1 heterocycles. The zero-order valence-electron chi connectivity index (χ0n) is 16.1. The molecule has 0 aromatic heterocycles. The Labute approximate surface area is 183 Å². The molecular formula is C22H19Cl2NO5. The number of aliphatic hydroxyl groups excluding tert-OH is 1. The molecule has 0 spiro atoms. The van der Waals surface area contributed by atoms with Gasteiger partial charge >= 0.3 is 5.97 Å². The van der Waals surface area contributed by atoms with E-state index >= 15 is 0 Å². The van der Waals surface area contributed by atoms with E-state index in [1.807, 2.05) is 6.92 Å². The van der Waals surface area contributed by atoms with Crippen LogP contribution in [0.15, 0.2) is 48.0 Å². The van der Waals surface area contributed by atoms with Crippen molar-refractivity contribution < 1.29 is 24.6 Å². The van der Waals surface area contributed by atoms with Gasteiger partial charge in [-0.2, -0.15) is 0 Å². The first-order chi connectivity index (χ1) is 14.2. The highest BCUT2D eigenvalue weighted by Gasteiger charge is 2.46. The minimum atomic E-state index is -1.01. The number of rotatable bonds is 6. The summed E-state index contributed by atoms with van der Waals surface area (Å²) < 4.78 is 0. The normalized spacial score (nSPS) is 18.1. The Morgan fingerprint density at radius 3 is 2.33 bits per heavy atom. The number of aliphatic carboxylic acids is 1. The summed E-state index contributed by atoms with van der Waals surface area (Å²) in [4.78, 5) is 37.8. The van der Waals surface area contributed by atoms with Crippen LogP contribution in [0.5, 0.6) is 0 Å². The van der Waals surface area contributed by atoms with E-state index in [0.717, 1.165) is 5.56 Å². The van der Waals surface area contributed by atoms with Crippen LogP contribution in [-0.2, 0) is 14.4 Å². The molecule has 1 fully saturated rings. The highest BCUT2D eigenvalue weighted by Crippen LogP contribution is 2.42. The molecule has 0 saturated carbocycles. The van der Waals surface area contributed by atoms with E-state index in [9.17, 15) is 19.5 Å². The molecule has 156 valence electrons. The number of carboxylic acid groups (broad SMARTS) is 1. The van der Waals surface area contributed by atoms with Crippen molar-refractivity contribution in [1.29, 1.82) is 0 Å². The monoisotopic (exact) mass is 447 g/mol. The van der Waals surface area contributed by atoms with Crippen molar-refractivity contribution in [2.75, 3.05) is 6.54 Å². The standard InChI is InChI=1S/C22H19Cl2NO5/c1-12-4-6-13(7-5-12)20(28)18-19(15-9-8-14(23)11-16(15)24)25(22(30)21(18)29)10-2-3-17(26)27/h4-9,11,19,28H,2-3,10H2,1H3,(H,26,27)/t19-/m0/s1. The number of carbonyl (C=O) groups is 3.